The summed E-state index contributed by atoms with van der Waals surface area (Å²) >= 11 is 9.09. The molecule has 1 unspecified atom stereocenters. The maximum absolute atomic E-state index is 11.4. The van der Waals surface area contributed by atoms with Gasteiger partial charge < -0.3 is 4.90 Å². The van der Waals surface area contributed by atoms with Crippen molar-refractivity contribution < 1.29 is 4.79 Å². The molecule has 0 N–H and O–H groups in total. The Morgan fingerprint density at radius 2 is 2.53 bits per heavy atom. The lowest BCUT2D eigenvalue weighted by atomic mass is 10.3. The van der Waals surface area contributed by atoms with Crippen LogP contribution in [0.1, 0.15) is 23.8 Å². The lowest BCUT2D eigenvalue weighted by molar-refractivity contribution is 0.101. The first-order valence-electron chi connectivity index (χ1n) is 5.65. The van der Waals surface area contributed by atoms with Gasteiger partial charge in [0.1, 0.15) is 5.69 Å². The first-order valence-corrected chi connectivity index (χ1v) is 8.12. The fourth-order valence-electron chi connectivity index (χ4n) is 1.75. The number of hydrogen-bond acceptors (Lipinski definition) is 5. The summed E-state index contributed by atoms with van der Waals surface area (Å²) in [5.41, 5.74) is 0.506. The third-order valence-electron chi connectivity index (χ3n) is 2.76. The molecular weight excluding hydrogens is 276 g/mol. The van der Waals surface area contributed by atoms with Gasteiger partial charge in [0.15, 0.2) is 10.9 Å². The fourth-order valence-corrected chi connectivity index (χ4v) is 3.93. The van der Waals surface area contributed by atoms with E-state index in [4.69, 9.17) is 11.6 Å². The molecule has 17 heavy (non-hydrogen) atoms. The molecule has 0 amide bonds. The summed E-state index contributed by atoms with van der Waals surface area (Å²) in [6.45, 7) is 4.26. The number of carbonyl (C=O) groups is 1. The van der Waals surface area contributed by atoms with Crippen molar-refractivity contribution in [1.82, 2.24) is 4.98 Å². The highest BCUT2D eigenvalue weighted by Gasteiger charge is 2.22. The highest BCUT2D eigenvalue weighted by atomic mass is 35.5. The van der Waals surface area contributed by atoms with Crippen LogP contribution in [0.3, 0.4) is 0 Å². The predicted molar refractivity (Wildman–Crippen MR) is 75.9 cm³/mol. The molecule has 2 rings (SSSR count). The monoisotopic (exact) mass is 290 g/mol. The van der Waals surface area contributed by atoms with E-state index in [1.165, 1.54) is 17.8 Å². The van der Waals surface area contributed by atoms with Crippen LogP contribution in [0.15, 0.2) is 5.38 Å². The number of thiazole rings is 1. The number of halogens is 1. The van der Waals surface area contributed by atoms with E-state index < -0.39 is 0 Å². The molecule has 1 aliphatic rings. The topological polar surface area (TPSA) is 33.2 Å². The van der Waals surface area contributed by atoms with Gasteiger partial charge in [-0.1, -0.05) is 6.92 Å². The number of ketones is 1. The number of Topliss-reactive ketones (excluding diaryl/α,β-unsaturated/α-hetero) is 1. The lowest BCUT2D eigenvalue weighted by Gasteiger charge is -2.31. The molecular formula is C11H15ClN2OS2. The molecule has 0 saturated carbocycles. The predicted octanol–water partition coefficient (Wildman–Crippen LogP) is 2.90. The average molecular weight is 291 g/mol. The molecule has 1 saturated heterocycles. The highest BCUT2D eigenvalue weighted by molar-refractivity contribution is 8.00. The van der Waals surface area contributed by atoms with E-state index in [1.807, 2.05) is 17.1 Å². The maximum Gasteiger partial charge on any atom is 0.196 e. The van der Waals surface area contributed by atoms with Gasteiger partial charge in [0.2, 0.25) is 0 Å². The Kier molecular flexibility index (Phi) is 4.70. The van der Waals surface area contributed by atoms with Gasteiger partial charge in [-0.15, -0.1) is 22.9 Å². The first-order chi connectivity index (χ1) is 8.24. The van der Waals surface area contributed by atoms with Gasteiger partial charge in [0.25, 0.3) is 0 Å². The Morgan fingerprint density at radius 3 is 3.24 bits per heavy atom. The summed E-state index contributed by atoms with van der Waals surface area (Å²) in [4.78, 5) is 18.1. The summed E-state index contributed by atoms with van der Waals surface area (Å²) in [7, 11) is 0. The molecule has 2 heterocycles. The number of carbonyl (C=O) groups excluding carboxylic acids is 1. The quantitative estimate of drug-likeness (QED) is 0.631. The van der Waals surface area contributed by atoms with Crippen LogP contribution in [0.4, 0.5) is 5.13 Å². The van der Waals surface area contributed by atoms with Crippen molar-refractivity contribution in [1.29, 1.82) is 0 Å². The Hall–Kier alpha value is -0.260. The summed E-state index contributed by atoms with van der Waals surface area (Å²) in [6, 6.07) is 0. The molecule has 94 valence electrons. The molecule has 0 aliphatic carbocycles. The summed E-state index contributed by atoms with van der Waals surface area (Å²) < 4.78 is 0. The van der Waals surface area contributed by atoms with E-state index in [2.05, 4.69) is 16.8 Å². The number of hydrogen-bond donors (Lipinski definition) is 0. The van der Waals surface area contributed by atoms with E-state index in [0.717, 1.165) is 24.0 Å². The van der Waals surface area contributed by atoms with Crippen LogP contribution >= 0.6 is 34.7 Å². The second-order valence-electron chi connectivity index (χ2n) is 3.92. The molecule has 0 radical (unpaired) electrons. The van der Waals surface area contributed by atoms with Crippen molar-refractivity contribution >= 4 is 45.6 Å². The maximum atomic E-state index is 11.4. The Balaban J connectivity index is 2.06. The molecule has 1 fully saturated rings. The lowest BCUT2D eigenvalue weighted by Crippen LogP contribution is -2.37. The van der Waals surface area contributed by atoms with E-state index in [0.29, 0.717) is 10.9 Å². The van der Waals surface area contributed by atoms with Gasteiger partial charge in [-0.25, -0.2) is 4.98 Å². The minimum absolute atomic E-state index is 0.0105. The van der Waals surface area contributed by atoms with Crippen LogP contribution < -0.4 is 4.90 Å². The van der Waals surface area contributed by atoms with Gasteiger partial charge >= 0.3 is 0 Å². The zero-order valence-corrected chi connectivity index (χ0v) is 12.1. The molecule has 6 heteroatoms. The molecule has 3 nitrogen and oxygen atoms in total. The summed E-state index contributed by atoms with van der Waals surface area (Å²) in [5.74, 6) is 1.06. The van der Waals surface area contributed by atoms with Crippen molar-refractivity contribution in [2.45, 2.75) is 18.6 Å². The van der Waals surface area contributed by atoms with Crippen LogP contribution in [0.5, 0.6) is 0 Å². The van der Waals surface area contributed by atoms with Crippen molar-refractivity contribution in [3.05, 3.63) is 11.1 Å². The highest BCUT2D eigenvalue weighted by Crippen LogP contribution is 2.28. The largest absolute Gasteiger partial charge is 0.346 e. The molecule has 0 spiro atoms. The first kappa shape index (κ1) is 13.2. The number of aromatic nitrogens is 1. The molecule has 1 atom stereocenters. The Labute approximate surface area is 115 Å². The van der Waals surface area contributed by atoms with E-state index in [1.54, 1.807) is 0 Å². The average Bonchev–Trinajstić information content (AvgIpc) is 2.87. The summed E-state index contributed by atoms with van der Waals surface area (Å²) in [6.07, 6.45) is 1.18. The fraction of sp³-hybridized carbons (Fsp3) is 0.636. The SMILES string of the molecule is CCC1CN(c2nc(C(=O)CCl)cs2)CCS1. The van der Waals surface area contributed by atoms with Crippen LogP contribution in [-0.4, -0.2) is 40.7 Å². The zero-order chi connectivity index (χ0) is 12.3. The van der Waals surface area contributed by atoms with Gasteiger partial charge in [0, 0.05) is 29.5 Å². The molecule has 0 aromatic carbocycles. The smallest absolute Gasteiger partial charge is 0.196 e. The van der Waals surface area contributed by atoms with E-state index >= 15 is 0 Å². The minimum Gasteiger partial charge on any atom is -0.346 e. The van der Waals surface area contributed by atoms with Gasteiger partial charge in [-0.3, -0.25) is 4.79 Å². The standard InChI is InChI=1S/C11H15ClN2OS2/c1-2-8-6-14(3-4-16-8)11-13-9(7-17-11)10(15)5-12/h7-8H,2-6H2,1H3. The van der Waals surface area contributed by atoms with Crippen molar-refractivity contribution in [3.8, 4) is 0 Å². The van der Waals surface area contributed by atoms with Crippen LogP contribution in [-0.2, 0) is 0 Å². The number of anilines is 1. The molecule has 1 aromatic rings. The van der Waals surface area contributed by atoms with Crippen LogP contribution in [0.25, 0.3) is 0 Å². The van der Waals surface area contributed by atoms with Crippen LogP contribution in [0.2, 0.25) is 0 Å². The third-order valence-corrected chi connectivity index (χ3v) is 5.28. The molecule has 1 aromatic heterocycles. The minimum atomic E-state index is -0.0902. The van der Waals surface area contributed by atoms with Gasteiger partial charge in [-0.05, 0) is 6.42 Å². The zero-order valence-electron chi connectivity index (χ0n) is 9.69. The number of thioether (sulfide) groups is 1. The van der Waals surface area contributed by atoms with Crippen LogP contribution in [0, 0.1) is 0 Å². The third kappa shape index (κ3) is 3.14. The van der Waals surface area contributed by atoms with Crippen molar-refractivity contribution in [2.24, 2.45) is 0 Å². The second-order valence-corrected chi connectivity index (χ2v) is 6.43. The van der Waals surface area contributed by atoms with E-state index in [-0.39, 0.29) is 11.7 Å². The summed E-state index contributed by atoms with van der Waals surface area (Å²) in [5, 5.41) is 3.44. The van der Waals surface area contributed by atoms with Crippen molar-refractivity contribution in [2.75, 3.05) is 29.6 Å². The van der Waals surface area contributed by atoms with Gasteiger partial charge in [-0.2, -0.15) is 11.8 Å². The van der Waals surface area contributed by atoms with E-state index in [9.17, 15) is 4.79 Å². The number of nitrogens with zero attached hydrogens (tertiary/aromatic N) is 2. The Morgan fingerprint density at radius 1 is 1.71 bits per heavy atom. The Bertz CT molecular complexity index is 397. The number of alkyl halides is 1. The normalized spacial score (nSPS) is 20.6. The molecule has 0 bridgehead atoms. The van der Waals surface area contributed by atoms with Gasteiger partial charge in [0.05, 0.1) is 5.88 Å². The second kappa shape index (κ2) is 6.07. The number of rotatable bonds is 4. The van der Waals surface area contributed by atoms with Crippen molar-refractivity contribution in [3.63, 3.8) is 0 Å². The molecule has 1 aliphatic heterocycles.